The van der Waals surface area contributed by atoms with Crippen LogP contribution < -0.4 is 11.3 Å². The van der Waals surface area contributed by atoms with Crippen LogP contribution in [0.1, 0.15) is 27.2 Å². The van der Waals surface area contributed by atoms with Gasteiger partial charge in [-0.3, -0.25) is 11.3 Å². The fourth-order valence-corrected chi connectivity index (χ4v) is 1.24. The second-order valence-electron chi connectivity index (χ2n) is 2.98. The van der Waals surface area contributed by atoms with Gasteiger partial charge in [0.15, 0.2) is 0 Å². The monoisotopic (exact) mass is 172 g/mol. The van der Waals surface area contributed by atoms with Crippen LogP contribution >= 0.6 is 0 Å². The molecule has 3 N–H and O–H groups in total. The Balaban J connectivity index is 4.34. The van der Waals surface area contributed by atoms with Gasteiger partial charge in [-0.05, 0) is 20.3 Å². The lowest BCUT2D eigenvalue weighted by Gasteiger charge is -2.34. The lowest BCUT2D eigenvalue weighted by molar-refractivity contribution is -0.0439. The third-order valence-electron chi connectivity index (χ3n) is 2.25. The van der Waals surface area contributed by atoms with Crippen LogP contribution in [0.4, 0.5) is 0 Å². The number of hydrazine groups is 1. The molecule has 0 aliphatic carbocycles. The van der Waals surface area contributed by atoms with Gasteiger partial charge >= 0.3 is 0 Å². The van der Waals surface area contributed by atoms with Crippen LogP contribution in [0.25, 0.3) is 0 Å². The van der Waals surface area contributed by atoms with Gasteiger partial charge in [0, 0.05) is 6.61 Å². The summed E-state index contributed by atoms with van der Waals surface area (Å²) in [7, 11) is 0. The topological polar surface area (TPSA) is 47.3 Å². The number of hydrogen-bond donors (Lipinski definition) is 2. The molecule has 0 amide bonds. The van der Waals surface area contributed by atoms with Crippen molar-refractivity contribution < 1.29 is 4.74 Å². The number of ether oxygens (including phenoxy) is 1. The van der Waals surface area contributed by atoms with E-state index in [0.717, 1.165) is 6.42 Å². The zero-order chi connectivity index (χ0) is 9.61. The summed E-state index contributed by atoms with van der Waals surface area (Å²) in [5, 5.41) is 0. The second-order valence-corrected chi connectivity index (χ2v) is 2.98. The Bertz CT molecular complexity index is 138. The van der Waals surface area contributed by atoms with Crippen LogP contribution in [-0.2, 0) is 4.74 Å². The molecule has 0 radical (unpaired) electrons. The maximum absolute atomic E-state index is 5.61. The van der Waals surface area contributed by atoms with Crippen molar-refractivity contribution in [3.8, 4) is 0 Å². The molecular weight excluding hydrogens is 152 g/mol. The molecule has 3 heteroatoms. The molecule has 12 heavy (non-hydrogen) atoms. The molecule has 2 unspecified atom stereocenters. The van der Waals surface area contributed by atoms with E-state index in [-0.39, 0.29) is 11.6 Å². The molecular formula is C9H20N2O. The molecule has 0 spiro atoms. The summed E-state index contributed by atoms with van der Waals surface area (Å²) in [6.45, 7) is 10.5. The quantitative estimate of drug-likeness (QED) is 0.359. The first-order valence-corrected chi connectivity index (χ1v) is 4.37. The molecule has 0 saturated heterocycles. The minimum atomic E-state index is -0.245. The average Bonchev–Trinajstić information content (AvgIpc) is 2.07. The third-order valence-corrected chi connectivity index (χ3v) is 2.25. The lowest BCUT2D eigenvalue weighted by Crippen LogP contribution is -2.51. The highest BCUT2D eigenvalue weighted by Crippen LogP contribution is 2.20. The fourth-order valence-electron chi connectivity index (χ4n) is 1.24. The minimum Gasteiger partial charge on any atom is -0.374 e. The summed E-state index contributed by atoms with van der Waals surface area (Å²) in [6.07, 6.45) is 2.68. The first kappa shape index (κ1) is 11.6. The summed E-state index contributed by atoms with van der Waals surface area (Å²) < 4.78 is 5.61. The zero-order valence-electron chi connectivity index (χ0n) is 8.26. The van der Waals surface area contributed by atoms with E-state index in [9.17, 15) is 0 Å². The summed E-state index contributed by atoms with van der Waals surface area (Å²) in [5.41, 5.74) is 2.44. The minimum absolute atomic E-state index is 0.00227. The van der Waals surface area contributed by atoms with Crippen molar-refractivity contribution in [1.82, 2.24) is 5.43 Å². The zero-order valence-corrected chi connectivity index (χ0v) is 8.26. The maximum atomic E-state index is 5.61. The Kier molecular flexibility index (Phi) is 5.13. The van der Waals surface area contributed by atoms with E-state index in [2.05, 4.69) is 18.9 Å². The van der Waals surface area contributed by atoms with Crippen molar-refractivity contribution >= 4 is 0 Å². The van der Waals surface area contributed by atoms with Gasteiger partial charge in [-0.15, -0.1) is 6.58 Å². The van der Waals surface area contributed by atoms with Gasteiger partial charge in [-0.2, -0.15) is 0 Å². The van der Waals surface area contributed by atoms with Crippen LogP contribution in [0.5, 0.6) is 0 Å². The molecule has 0 fully saturated rings. The number of nitrogens with one attached hydrogen (secondary N) is 1. The summed E-state index contributed by atoms with van der Waals surface area (Å²) in [4.78, 5) is 0. The van der Waals surface area contributed by atoms with Gasteiger partial charge in [-0.25, -0.2) is 0 Å². The summed E-state index contributed by atoms with van der Waals surface area (Å²) in [6, 6.07) is 0.00227. The first-order chi connectivity index (χ1) is 5.64. The van der Waals surface area contributed by atoms with Gasteiger partial charge in [0.1, 0.15) is 0 Å². The highest BCUT2D eigenvalue weighted by atomic mass is 16.5. The highest BCUT2D eigenvalue weighted by molar-refractivity contribution is 4.98. The van der Waals surface area contributed by atoms with Crippen LogP contribution in [0.2, 0.25) is 0 Å². The molecule has 3 nitrogen and oxygen atoms in total. The fraction of sp³-hybridized carbons (Fsp3) is 0.778. The van der Waals surface area contributed by atoms with E-state index < -0.39 is 0 Å². The van der Waals surface area contributed by atoms with Crippen LogP contribution in [0.3, 0.4) is 0 Å². The van der Waals surface area contributed by atoms with Crippen LogP contribution in [-0.4, -0.2) is 18.2 Å². The number of rotatable bonds is 6. The van der Waals surface area contributed by atoms with Crippen molar-refractivity contribution in [3.05, 3.63) is 12.7 Å². The molecule has 0 aliphatic rings. The maximum Gasteiger partial charge on any atom is 0.0852 e. The first-order valence-electron chi connectivity index (χ1n) is 4.37. The van der Waals surface area contributed by atoms with Gasteiger partial charge in [0.25, 0.3) is 0 Å². The van der Waals surface area contributed by atoms with Crippen molar-refractivity contribution in [2.75, 3.05) is 6.61 Å². The Morgan fingerprint density at radius 1 is 1.67 bits per heavy atom. The standard InChI is InChI=1S/C9H20N2O/c1-5-8(11-10)9(4,6-2)12-7-3/h5,8,11H,1,6-7,10H2,2-4H3. The number of nitrogens with two attached hydrogens (primary N) is 1. The summed E-state index contributed by atoms with van der Waals surface area (Å²) >= 11 is 0. The highest BCUT2D eigenvalue weighted by Gasteiger charge is 2.30. The van der Waals surface area contributed by atoms with Crippen LogP contribution in [0.15, 0.2) is 12.7 Å². The van der Waals surface area contributed by atoms with Gasteiger partial charge in [0.2, 0.25) is 0 Å². The predicted octanol–water partition coefficient (Wildman–Crippen LogP) is 1.21. The predicted molar refractivity (Wildman–Crippen MR) is 51.6 cm³/mol. The Labute approximate surface area is 74.9 Å². The van der Waals surface area contributed by atoms with Gasteiger partial charge in [-0.1, -0.05) is 13.0 Å². The molecule has 0 aromatic rings. The average molecular weight is 172 g/mol. The third kappa shape index (κ3) is 2.59. The van der Waals surface area contributed by atoms with Crippen molar-refractivity contribution in [1.29, 1.82) is 0 Å². The SMILES string of the molecule is C=CC(NN)C(C)(CC)OCC. The van der Waals surface area contributed by atoms with Crippen molar-refractivity contribution in [3.63, 3.8) is 0 Å². The number of hydrogen-bond acceptors (Lipinski definition) is 3. The molecule has 72 valence electrons. The second kappa shape index (κ2) is 5.30. The Morgan fingerprint density at radius 3 is 2.50 bits per heavy atom. The van der Waals surface area contributed by atoms with E-state index in [1.807, 2.05) is 13.8 Å². The van der Waals surface area contributed by atoms with Gasteiger partial charge < -0.3 is 4.74 Å². The summed E-state index contributed by atoms with van der Waals surface area (Å²) in [5.74, 6) is 5.37. The largest absolute Gasteiger partial charge is 0.374 e. The van der Waals surface area contributed by atoms with E-state index in [1.54, 1.807) is 6.08 Å². The molecule has 0 rings (SSSR count). The Morgan fingerprint density at radius 2 is 2.25 bits per heavy atom. The molecule has 0 heterocycles. The van der Waals surface area contributed by atoms with Crippen molar-refractivity contribution in [2.45, 2.75) is 38.8 Å². The molecule has 0 aromatic heterocycles. The van der Waals surface area contributed by atoms with Crippen LogP contribution in [0, 0.1) is 0 Å². The normalized spacial score (nSPS) is 18.3. The van der Waals surface area contributed by atoms with E-state index in [0.29, 0.717) is 6.61 Å². The molecule has 0 saturated carbocycles. The Hall–Kier alpha value is -0.380. The van der Waals surface area contributed by atoms with Crippen molar-refractivity contribution in [2.24, 2.45) is 5.84 Å². The molecule has 0 aliphatic heterocycles. The van der Waals surface area contributed by atoms with Gasteiger partial charge in [0.05, 0.1) is 11.6 Å². The smallest absolute Gasteiger partial charge is 0.0852 e. The lowest BCUT2D eigenvalue weighted by atomic mass is 9.93. The molecule has 2 atom stereocenters. The van der Waals surface area contributed by atoms with E-state index >= 15 is 0 Å². The van der Waals surface area contributed by atoms with E-state index in [1.165, 1.54) is 0 Å². The molecule has 0 bridgehead atoms. The molecule has 0 aromatic carbocycles. The van der Waals surface area contributed by atoms with E-state index in [4.69, 9.17) is 10.6 Å².